The van der Waals surface area contributed by atoms with E-state index in [1.54, 1.807) is 0 Å². The number of carbonyl (C=O) groups is 2. The molecular weight excluding hydrogens is 683 g/mol. The molecule has 0 spiro atoms. The van der Waals surface area contributed by atoms with Crippen LogP contribution in [0.15, 0.2) is 48.7 Å². The first kappa shape index (κ1) is 37.3. The number of carboxylic acids is 1. The molecule has 0 aliphatic carbocycles. The van der Waals surface area contributed by atoms with Crippen molar-refractivity contribution in [1.82, 2.24) is 20.1 Å². The number of amides is 1. The highest BCUT2D eigenvalue weighted by Gasteiger charge is 2.61. The van der Waals surface area contributed by atoms with Gasteiger partial charge in [-0.1, -0.05) is 36.4 Å². The summed E-state index contributed by atoms with van der Waals surface area (Å²) in [6, 6.07) is 8.04. The lowest BCUT2D eigenvalue weighted by molar-refractivity contribution is -0.236. The van der Waals surface area contributed by atoms with Crippen LogP contribution >= 0.6 is 0 Å². The normalized spacial score (nSPS) is 19.0. The summed E-state index contributed by atoms with van der Waals surface area (Å²) in [4.78, 5) is 32.6. The maximum absolute atomic E-state index is 14.5. The third-order valence-corrected chi connectivity index (χ3v) is 9.79. The lowest BCUT2D eigenvalue weighted by atomic mass is 9.76. The molecule has 0 saturated carbocycles. The summed E-state index contributed by atoms with van der Waals surface area (Å²) in [5.74, 6) is -3.45. The summed E-state index contributed by atoms with van der Waals surface area (Å²) in [7, 11) is 1.94. The third-order valence-electron chi connectivity index (χ3n) is 9.79. The second-order valence-electron chi connectivity index (χ2n) is 13.1. The van der Waals surface area contributed by atoms with Gasteiger partial charge in [0.1, 0.15) is 11.5 Å². The monoisotopic (exact) mass is 718 g/mol. The number of benzene rings is 2. The van der Waals surface area contributed by atoms with Crippen molar-refractivity contribution >= 4 is 22.6 Å². The van der Waals surface area contributed by atoms with Gasteiger partial charge in [0.25, 0.3) is 0 Å². The number of pyridine rings is 1. The van der Waals surface area contributed by atoms with Crippen LogP contribution in [0.5, 0.6) is 0 Å². The van der Waals surface area contributed by atoms with E-state index in [1.165, 1.54) is 42.6 Å². The van der Waals surface area contributed by atoms with E-state index in [0.717, 1.165) is 24.1 Å². The maximum atomic E-state index is 14.5. The van der Waals surface area contributed by atoms with Crippen LogP contribution < -0.4 is 5.32 Å². The molecular formula is C34H35F9N4O3. The van der Waals surface area contributed by atoms with Crippen LogP contribution in [0.3, 0.4) is 0 Å². The van der Waals surface area contributed by atoms with E-state index in [-0.39, 0.29) is 28.1 Å². The largest absolute Gasteiger partial charge is 0.480 e. The Morgan fingerprint density at radius 3 is 2.14 bits per heavy atom. The van der Waals surface area contributed by atoms with Crippen molar-refractivity contribution in [2.45, 2.75) is 62.6 Å². The Morgan fingerprint density at radius 2 is 1.56 bits per heavy atom. The molecule has 1 aromatic heterocycles. The highest BCUT2D eigenvalue weighted by Crippen LogP contribution is 2.47. The SMILES string of the molecule is CN1CCC(c2cnc(-c3cccc4c(C[C@H](NC(=O)C5(C(F)(F)F)CCN(CC(F)(F)F)CC5)C(=O)O)cccc34)c(C(F)(F)F)c2)CC1. The molecule has 5 rings (SSSR count). The Bertz CT molecular complexity index is 1710. The molecule has 1 amide bonds. The Hall–Kier alpha value is -3.92. The fourth-order valence-electron chi connectivity index (χ4n) is 6.94. The van der Waals surface area contributed by atoms with Gasteiger partial charge in [-0.3, -0.25) is 14.7 Å². The van der Waals surface area contributed by atoms with Crippen LogP contribution in [0.2, 0.25) is 0 Å². The maximum Gasteiger partial charge on any atom is 0.418 e. The zero-order valence-electron chi connectivity index (χ0n) is 26.9. The highest BCUT2D eigenvalue weighted by atomic mass is 19.4. The molecule has 2 aliphatic heterocycles. The number of carboxylic acid groups (broad SMARTS) is 1. The molecule has 0 bridgehead atoms. The number of nitrogens with one attached hydrogen (secondary N) is 1. The summed E-state index contributed by atoms with van der Waals surface area (Å²) in [5.41, 5.74) is -3.62. The van der Waals surface area contributed by atoms with Gasteiger partial charge in [0.05, 0.1) is 17.8 Å². The molecule has 16 heteroatoms. The summed E-state index contributed by atoms with van der Waals surface area (Å²) in [6.45, 7) is -1.37. The van der Waals surface area contributed by atoms with Crippen molar-refractivity contribution in [3.8, 4) is 11.3 Å². The van der Waals surface area contributed by atoms with Crippen LogP contribution in [-0.4, -0.2) is 89.9 Å². The van der Waals surface area contributed by atoms with Gasteiger partial charge >= 0.3 is 24.5 Å². The molecule has 2 fully saturated rings. The average molecular weight is 719 g/mol. The van der Waals surface area contributed by atoms with Crippen molar-refractivity contribution in [2.75, 3.05) is 39.8 Å². The first-order valence-electron chi connectivity index (χ1n) is 16.0. The number of carbonyl (C=O) groups excluding carboxylic acids is 1. The summed E-state index contributed by atoms with van der Waals surface area (Å²) >= 11 is 0. The van der Waals surface area contributed by atoms with Gasteiger partial charge in [-0.05, 0) is 92.8 Å². The van der Waals surface area contributed by atoms with Crippen LogP contribution in [0.1, 0.15) is 48.3 Å². The highest BCUT2D eigenvalue weighted by molar-refractivity contribution is 5.98. The molecule has 3 heterocycles. The molecule has 50 heavy (non-hydrogen) atoms. The van der Waals surface area contributed by atoms with Crippen molar-refractivity contribution in [3.05, 3.63) is 65.4 Å². The van der Waals surface area contributed by atoms with E-state index in [1.807, 2.05) is 12.4 Å². The molecule has 2 saturated heterocycles. The fourth-order valence-corrected chi connectivity index (χ4v) is 6.94. The van der Waals surface area contributed by atoms with E-state index in [4.69, 9.17) is 0 Å². The third kappa shape index (κ3) is 8.01. The van der Waals surface area contributed by atoms with Gasteiger partial charge < -0.3 is 15.3 Å². The number of fused-ring (bicyclic) bond motifs is 1. The lowest BCUT2D eigenvalue weighted by Gasteiger charge is -2.42. The number of halogens is 9. The molecule has 2 aromatic carbocycles. The van der Waals surface area contributed by atoms with Gasteiger partial charge in [-0.15, -0.1) is 0 Å². The molecule has 272 valence electrons. The molecule has 7 nitrogen and oxygen atoms in total. The number of nitrogens with zero attached hydrogens (tertiary/aromatic N) is 3. The van der Waals surface area contributed by atoms with Gasteiger partial charge in [-0.25, -0.2) is 4.79 Å². The van der Waals surface area contributed by atoms with Crippen molar-refractivity contribution < 1.29 is 54.2 Å². The van der Waals surface area contributed by atoms with Gasteiger partial charge in [0.15, 0.2) is 0 Å². The summed E-state index contributed by atoms with van der Waals surface area (Å²) < 4.78 is 125. The van der Waals surface area contributed by atoms with E-state index >= 15 is 0 Å². The van der Waals surface area contributed by atoms with Crippen LogP contribution in [0.25, 0.3) is 22.0 Å². The molecule has 2 N–H and O–H groups in total. The predicted molar refractivity (Wildman–Crippen MR) is 165 cm³/mol. The van der Waals surface area contributed by atoms with Gasteiger partial charge in [0, 0.05) is 18.2 Å². The average Bonchev–Trinajstić information content (AvgIpc) is 3.03. The van der Waals surface area contributed by atoms with Crippen molar-refractivity contribution in [1.29, 1.82) is 0 Å². The number of likely N-dealkylation sites (tertiary alicyclic amines) is 2. The van der Waals surface area contributed by atoms with E-state index < -0.39 is 86.3 Å². The Labute approximate surface area is 281 Å². The number of rotatable bonds is 8. The second-order valence-corrected chi connectivity index (χ2v) is 13.1. The predicted octanol–water partition coefficient (Wildman–Crippen LogP) is 7.05. The zero-order valence-corrected chi connectivity index (χ0v) is 26.9. The lowest BCUT2D eigenvalue weighted by Crippen LogP contribution is -2.59. The Balaban J connectivity index is 1.44. The molecule has 0 radical (unpaired) electrons. The topological polar surface area (TPSA) is 85.8 Å². The molecule has 2 aliphatic rings. The van der Waals surface area contributed by atoms with Crippen LogP contribution in [0.4, 0.5) is 39.5 Å². The number of hydrogen-bond donors (Lipinski definition) is 2. The first-order valence-corrected chi connectivity index (χ1v) is 16.0. The Morgan fingerprint density at radius 1 is 0.940 bits per heavy atom. The molecule has 3 aromatic rings. The number of aromatic nitrogens is 1. The minimum Gasteiger partial charge on any atom is -0.480 e. The van der Waals surface area contributed by atoms with Crippen molar-refractivity contribution in [3.63, 3.8) is 0 Å². The van der Waals surface area contributed by atoms with Crippen LogP contribution in [-0.2, 0) is 22.2 Å². The number of piperidine rings is 2. The summed E-state index contributed by atoms with van der Waals surface area (Å²) in [6.07, 6.45) is -14.4. The van der Waals surface area contributed by atoms with Gasteiger partial charge in [0.2, 0.25) is 5.91 Å². The zero-order chi connectivity index (χ0) is 36.6. The first-order chi connectivity index (χ1) is 23.3. The van der Waals surface area contributed by atoms with Crippen molar-refractivity contribution in [2.24, 2.45) is 5.41 Å². The molecule has 0 unspecified atom stereocenters. The molecule has 1 atom stereocenters. The van der Waals surface area contributed by atoms with Gasteiger partial charge in [-0.2, -0.15) is 39.5 Å². The van der Waals surface area contributed by atoms with Crippen LogP contribution in [0, 0.1) is 5.41 Å². The second kappa shape index (κ2) is 14.0. The number of aliphatic carboxylic acids is 1. The number of alkyl halides is 9. The van der Waals surface area contributed by atoms with E-state index in [0.29, 0.717) is 23.8 Å². The quantitative estimate of drug-likeness (QED) is 0.243. The minimum absolute atomic E-state index is 0.0972. The number of hydrogen-bond acceptors (Lipinski definition) is 5. The van der Waals surface area contributed by atoms with E-state index in [2.05, 4.69) is 9.88 Å². The standard InChI is InChI=1S/C34H35F9N4O3/c1-46-12-8-20(9-13-46)22-16-26(33(38,39)40)28(44-18-22)25-7-3-5-23-21(4-2-6-24(23)25)17-27(29(48)49)45-30(50)31(34(41,42)43)10-14-47(15-11-31)19-32(35,36)37/h2-7,16,18,20,27H,8-15,17,19H2,1H3,(H,45,50)(H,48,49)/t27-/m0/s1. The fraction of sp³-hybridized carbons (Fsp3) is 0.500. The smallest absolute Gasteiger partial charge is 0.418 e. The summed E-state index contributed by atoms with van der Waals surface area (Å²) in [5, 5.41) is 12.5. The Kier molecular flexibility index (Phi) is 10.5. The van der Waals surface area contributed by atoms with E-state index in [9.17, 15) is 54.2 Å². The minimum atomic E-state index is -5.19.